The molecule has 0 fully saturated rings. The second-order valence-corrected chi connectivity index (χ2v) is 5.93. The summed E-state index contributed by atoms with van der Waals surface area (Å²) >= 11 is 1.45. The van der Waals surface area contributed by atoms with Gasteiger partial charge in [-0.05, 0) is 25.3 Å². The van der Waals surface area contributed by atoms with E-state index in [-0.39, 0.29) is 6.54 Å². The molecule has 0 aliphatic heterocycles. The fourth-order valence-corrected chi connectivity index (χ4v) is 2.69. The standard InChI is InChI=1S/C14H19N3O3S/c1-4-10-12(9(2)17-20-10)16-13(18)15-8-14(3,19)11-6-5-7-21-11/h5-7,19H,4,8H2,1-3H3,(H2,15,16,18). The Labute approximate surface area is 127 Å². The first-order chi connectivity index (χ1) is 9.94. The molecule has 0 aliphatic carbocycles. The number of anilines is 1. The third-order valence-corrected chi connectivity index (χ3v) is 4.26. The minimum absolute atomic E-state index is 0.116. The Balaban J connectivity index is 1.95. The molecule has 2 aromatic rings. The fraction of sp³-hybridized carbons (Fsp3) is 0.429. The van der Waals surface area contributed by atoms with Gasteiger partial charge in [-0.2, -0.15) is 0 Å². The summed E-state index contributed by atoms with van der Waals surface area (Å²) in [7, 11) is 0. The Bertz CT molecular complexity index is 605. The highest BCUT2D eigenvalue weighted by molar-refractivity contribution is 7.10. The molecule has 0 radical (unpaired) electrons. The zero-order chi connectivity index (χ0) is 15.5. The van der Waals surface area contributed by atoms with Crippen LogP contribution < -0.4 is 10.6 Å². The highest BCUT2D eigenvalue weighted by Crippen LogP contribution is 2.24. The first kappa shape index (κ1) is 15.5. The van der Waals surface area contributed by atoms with Crippen LogP contribution in [0.4, 0.5) is 10.5 Å². The van der Waals surface area contributed by atoms with Gasteiger partial charge in [0.25, 0.3) is 0 Å². The molecule has 2 heterocycles. The molecule has 0 spiro atoms. The molecule has 0 aliphatic rings. The van der Waals surface area contributed by atoms with Crippen LogP contribution in [0.15, 0.2) is 22.0 Å². The van der Waals surface area contributed by atoms with Crippen LogP contribution in [0.5, 0.6) is 0 Å². The SMILES string of the molecule is CCc1onc(C)c1NC(=O)NCC(C)(O)c1cccs1. The maximum atomic E-state index is 11.9. The van der Waals surface area contributed by atoms with Gasteiger partial charge in [0.2, 0.25) is 0 Å². The van der Waals surface area contributed by atoms with E-state index in [0.717, 1.165) is 4.88 Å². The molecule has 2 amide bonds. The molecule has 0 saturated heterocycles. The minimum Gasteiger partial charge on any atom is -0.383 e. The molecule has 0 bridgehead atoms. The number of carbonyl (C=O) groups is 1. The number of nitrogens with one attached hydrogen (secondary N) is 2. The molecule has 2 rings (SSSR count). The van der Waals surface area contributed by atoms with E-state index >= 15 is 0 Å². The Morgan fingerprint density at radius 1 is 1.57 bits per heavy atom. The molecular formula is C14H19N3O3S. The van der Waals surface area contributed by atoms with Gasteiger partial charge in [0.05, 0.1) is 6.54 Å². The Hall–Kier alpha value is -1.86. The maximum absolute atomic E-state index is 11.9. The van der Waals surface area contributed by atoms with Crippen molar-refractivity contribution in [3.8, 4) is 0 Å². The van der Waals surface area contributed by atoms with Crippen molar-refractivity contribution in [3.63, 3.8) is 0 Å². The lowest BCUT2D eigenvalue weighted by Crippen LogP contribution is -2.40. The third kappa shape index (κ3) is 3.62. The average molecular weight is 309 g/mol. The van der Waals surface area contributed by atoms with Crippen LogP contribution in [0.3, 0.4) is 0 Å². The Morgan fingerprint density at radius 2 is 2.33 bits per heavy atom. The molecule has 21 heavy (non-hydrogen) atoms. The summed E-state index contributed by atoms with van der Waals surface area (Å²) in [4.78, 5) is 12.8. The molecule has 7 heteroatoms. The molecular weight excluding hydrogens is 290 g/mol. The van der Waals surface area contributed by atoms with Gasteiger partial charge in [-0.3, -0.25) is 0 Å². The van der Waals surface area contributed by atoms with E-state index in [1.165, 1.54) is 11.3 Å². The van der Waals surface area contributed by atoms with Crippen molar-refractivity contribution in [1.29, 1.82) is 0 Å². The molecule has 1 atom stereocenters. The van der Waals surface area contributed by atoms with Crippen LogP contribution in [-0.2, 0) is 12.0 Å². The predicted octanol–water partition coefficient (Wildman–Crippen LogP) is 2.64. The summed E-state index contributed by atoms with van der Waals surface area (Å²) in [6.45, 7) is 5.47. The molecule has 3 N–H and O–H groups in total. The number of aryl methyl sites for hydroxylation is 2. The lowest BCUT2D eigenvalue weighted by Gasteiger charge is -2.22. The average Bonchev–Trinajstić information content (AvgIpc) is 3.08. The van der Waals surface area contributed by atoms with E-state index in [9.17, 15) is 9.90 Å². The molecule has 0 aromatic carbocycles. The number of hydrogen-bond acceptors (Lipinski definition) is 5. The van der Waals surface area contributed by atoms with E-state index in [4.69, 9.17) is 4.52 Å². The lowest BCUT2D eigenvalue weighted by atomic mass is 10.1. The van der Waals surface area contributed by atoms with E-state index < -0.39 is 11.6 Å². The number of hydrogen-bond donors (Lipinski definition) is 3. The summed E-state index contributed by atoms with van der Waals surface area (Å²) < 4.78 is 5.11. The van der Waals surface area contributed by atoms with E-state index in [2.05, 4.69) is 15.8 Å². The van der Waals surface area contributed by atoms with Crippen molar-refractivity contribution in [2.24, 2.45) is 0 Å². The third-order valence-electron chi connectivity index (χ3n) is 3.14. The van der Waals surface area contributed by atoms with Crippen molar-refractivity contribution in [2.45, 2.75) is 32.8 Å². The number of rotatable bonds is 5. The molecule has 114 valence electrons. The quantitative estimate of drug-likeness (QED) is 0.792. The van der Waals surface area contributed by atoms with Crippen molar-refractivity contribution in [1.82, 2.24) is 10.5 Å². The number of thiophene rings is 1. The van der Waals surface area contributed by atoms with Gasteiger partial charge in [0.1, 0.15) is 17.0 Å². The van der Waals surface area contributed by atoms with Gasteiger partial charge in [0, 0.05) is 11.3 Å². The van der Waals surface area contributed by atoms with Gasteiger partial charge in [-0.25, -0.2) is 4.79 Å². The summed E-state index contributed by atoms with van der Waals surface area (Å²) in [5, 5.41) is 21.4. The van der Waals surface area contributed by atoms with Crippen LogP contribution in [0, 0.1) is 6.92 Å². The number of aromatic nitrogens is 1. The predicted molar refractivity (Wildman–Crippen MR) is 81.5 cm³/mol. The van der Waals surface area contributed by atoms with Crippen LogP contribution in [0.25, 0.3) is 0 Å². The van der Waals surface area contributed by atoms with Crippen LogP contribution in [0.2, 0.25) is 0 Å². The Morgan fingerprint density at radius 3 is 2.95 bits per heavy atom. The van der Waals surface area contributed by atoms with Crippen molar-refractivity contribution < 1.29 is 14.4 Å². The molecule has 2 aromatic heterocycles. The highest BCUT2D eigenvalue weighted by atomic mass is 32.1. The zero-order valence-electron chi connectivity index (χ0n) is 12.3. The largest absolute Gasteiger partial charge is 0.383 e. The van der Waals surface area contributed by atoms with Crippen molar-refractivity contribution in [2.75, 3.05) is 11.9 Å². The van der Waals surface area contributed by atoms with Gasteiger partial charge in [0.15, 0.2) is 5.76 Å². The highest BCUT2D eigenvalue weighted by Gasteiger charge is 2.25. The van der Waals surface area contributed by atoms with Gasteiger partial charge in [-0.1, -0.05) is 18.1 Å². The van der Waals surface area contributed by atoms with Gasteiger partial charge >= 0.3 is 6.03 Å². The fourth-order valence-electron chi connectivity index (χ4n) is 1.90. The number of nitrogens with zero attached hydrogens (tertiary/aromatic N) is 1. The topological polar surface area (TPSA) is 87.4 Å². The van der Waals surface area contributed by atoms with Crippen molar-refractivity contribution in [3.05, 3.63) is 33.8 Å². The maximum Gasteiger partial charge on any atom is 0.319 e. The number of carbonyl (C=O) groups excluding carboxylic acids is 1. The number of aliphatic hydroxyl groups is 1. The number of amides is 2. The van der Waals surface area contributed by atoms with Crippen LogP contribution in [-0.4, -0.2) is 22.8 Å². The Kier molecular flexibility index (Phi) is 4.64. The molecule has 6 nitrogen and oxygen atoms in total. The lowest BCUT2D eigenvalue weighted by molar-refractivity contribution is 0.0637. The zero-order valence-corrected chi connectivity index (χ0v) is 13.1. The smallest absolute Gasteiger partial charge is 0.319 e. The monoisotopic (exact) mass is 309 g/mol. The molecule has 0 saturated carbocycles. The van der Waals surface area contributed by atoms with Gasteiger partial charge < -0.3 is 20.3 Å². The van der Waals surface area contributed by atoms with Crippen LogP contribution in [0.1, 0.15) is 30.2 Å². The van der Waals surface area contributed by atoms with Crippen molar-refractivity contribution >= 4 is 23.1 Å². The summed E-state index contributed by atoms with van der Waals surface area (Å²) in [5.74, 6) is 0.632. The van der Waals surface area contributed by atoms with Crippen LogP contribution >= 0.6 is 11.3 Å². The van der Waals surface area contributed by atoms with E-state index in [1.54, 1.807) is 13.8 Å². The van der Waals surface area contributed by atoms with Gasteiger partial charge in [-0.15, -0.1) is 11.3 Å². The summed E-state index contributed by atoms with van der Waals surface area (Å²) in [5.41, 5.74) is 0.126. The minimum atomic E-state index is -1.09. The second-order valence-electron chi connectivity index (χ2n) is 4.98. The second kappa shape index (κ2) is 6.28. The summed E-state index contributed by atoms with van der Waals surface area (Å²) in [6.07, 6.45) is 0.642. The van der Waals surface area contributed by atoms with E-state index in [0.29, 0.717) is 23.6 Å². The summed E-state index contributed by atoms with van der Waals surface area (Å²) in [6, 6.07) is 3.31. The van der Waals surface area contributed by atoms with E-state index in [1.807, 2.05) is 24.4 Å². The molecule has 1 unspecified atom stereocenters. The normalized spacial score (nSPS) is 13.7. The number of urea groups is 1. The first-order valence-electron chi connectivity index (χ1n) is 6.70. The first-order valence-corrected chi connectivity index (χ1v) is 7.58.